The van der Waals surface area contributed by atoms with Crippen molar-refractivity contribution in [2.24, 2.45) is 0 Å². The van der Waals surface area contributed by atoms with Crippen LogP contribution in [0.25, 0.3) is 10.6 Å². The van der Waals surface area contributed by atoms with Crippen LogP contribution in [0.5, 0.6) is 5.75 Å². The number of thiazole rings is 1. The molecule has 1 aliphatic heterocycles. The predicted octanol–water partition coefficient (Wildman–Crippen LogP) is 3.93. The van der Waals surface area contributed by atoms with Crippen LogP contribution in [0, 0.1) is 0 Å². The highest BCUT2D eigenvalue weighted by Crippen LogP contribution is 2.33. The van der Waals surface area contributed by atoms with Crippen molar-refractivity contribution < 1.29 is 27.8 Å². The van der Waals surface area contributed by atoms with Gasteiger partial charge in [-0.2, -0.15) is 0 Å². The first kappa shape index (κ1) is 21.1. The molecule has 1 aromatic carbocycles. The number of rotatable bonds is 5. The highest BCUT2D eigenvalue weighted by Gasteiger charge is 2.31. The summed E-state index contributed by atoms with van der Waals surface area (Å²) in [7, 11) is 0. The van der Waals surface area contributed by atoms with Gasteiger partial charge in [-0.1, -0.05) is 0 Å². The molecule has 162 valence electrons. The number of aliphatic hydroxyl groups excluding tert-OH is 1. The molecule has 0 bridgehead atoms. The molecule has 1 aliphatic rings. The van der Waals surface area contributed by atoms with Crippen LogP contribution in [-0.2, 0) is 0 Å². The largest absolute Gasteiger partial charge is 0.573 e. The Bertz CT molecular complexity index is 1060. The van der Waals surface area contributed by atoms with Gasteiger partial charge in [0.1, 0.15) is 16.6 Å². The van der Waals surface area contributed by atoms with E-state index in [0.29, 0.717) is 41.6 Å². The average molecular weight is 450 g/mol. The number of halogens is 3. The third-order valence-corrected chi connectivity index (χ3v) is 5.41. The SMILES string of the molecule is O=C(Nc1ccc(OC(F)(F)F)cc1)c1cnc(N2CC[C@@H](O)C2)c(-c2nccs2)c1. The first-order valence-corrected chi connectivity index (χ1v) is 10.2. The van der Waals surface area contributed by atoms with Crippen molar-refractivity contribution in [2.75, 3.05) is 23.3 Å². The standard InChI is InChI=1S/C20H17F3N4O3S/c21-20(22,23)30-15-3-1-13(2-4-15)26-18(29)12-9-16(19-24-6-8-31-19)17(25-10-12)27-7-5-14(28)11-27/h1-4,6,8-10,14,28H,5,7,11H2,(H,26,29)/t14-/m1/s1. The van der Waals surface area contributed by atoms with Crippen molar-refractivity contribution in [1.29, 1.82) is 0 Å². The summed E-state index contributed by atoms with van der Waals surface area (Å²) in [5.74, 6) is -0.213. The average Bonchev–Trinajstić information content (AvgIpc) is 3.40. The fourth-order valence-electron chi connectivity index (χ4n) is 3.22. The van der Waals surface area contributed by atoms with Gasteiger partial charge in [0.15, 0.2) is 0 Å². The number of nitrogens with zero attached hydrogens (tertiary/aromatic N) is 3. The minimum Gasteiger partial charge on any atom is -0.406 e. The quantitative estimate of drug-likeness (QED) is 0.613. The lowest BCUT2D eigenvalue weighted by Crippen LogP contribution is -2.23. The Hall–Kier alpha value is -3.18. The van der Waals surface area contributed by atoms with Crippen LogP contribution >= 0.6 is 11.3 Å². The molecule has 7 nitrogen and oxygen atoms in total. The second-order valence-electron chi connectivity index (χ2n) is 6.85. The maximum atomic E-state index is 12.7. The molecular formula is C20H17F3N4O3S. The number of hydrogen-bond acceptors (Lipinski definition) is 7. The Kier molecular flexibility index (Phi) is 5.79. The van der Waals surface area contributed by atoms with E-state index in [2.05, 4.69) is 20.0 Å². The monoisotopic (exact) mass is 450 g/mol. The Balaban J connectivity index is 1.55. The maximum absolute atomic E-state index is 12.7. The van der Waals surface area contributed by atoms with Gasteiger partial charge >= 0.3 is 6.36 Å². The van der Waals surface area contributed by atoms with Crippen molar-refractivity contribution in [3.63, 3.8) is 0 Å². The van der Waals surface area contributed by atoms with E-state index in [-0.39, 0.29) is 11.3 Å². The van der Waals surface area contributed by atoms with Crippen molar-refractivity contribution in [3.8, 4) is 16.3 Å². The van der Waals surface area contributed by atoms with Crippen LogP contribution in [-0.4, -0.2) is 46.5 Å². The summed E-state index contributed by atoms with van der Waals surface area (Å²) in [5.41, 5.74) is 1.25. The van der Waals surface area contributed by atoms with Crippen LogP contribution in [0.2, 0.25) is 0 Å². The van der Waals surface area contributed by atoms with Gasteiger partial charge in [0.2, 0.25) is 0 Å². The second kappa shape index (κ2) is 8.52. The number of nitrogens with one attached hydrogen (secondary N) is 1. The minimum absolute atomic E-state index is 0.268. The van der Waals surface area contributed by atoms with Gasteiger partial charge in [-0.3, -0.25) is 4.79 Å². The summed E-state index contributed by atoms with van der Waals surface area (Å²) in [5, 5.41) is 15.0. The molecule has 31 heavy (non-hydrogen) atoms. The number of alkyl halides is 3. The van der Waals surface area contributed by atoms with Crippen molar-refractivity contribution in [1.82, 2.24) is 9.97 Å². The van der Waals surface area contributed by atoms with Gasteiger partial charge in [0.25, 0.3) is 5.91 Å². The molecule has 1 amide bonds. The summed E-state index contributed by atoms with van der Waals surface area (Å²) < 4.78 is 40.6. The third-order valence-electron chi connectivity index (χ3n) is 4.60. The number of hydrogen-bond donors (Lipinski definition) is 2. The van der Waals surface area contributed by atoms with E-state index in [1.807, 2.05) is 10.3 Å². The van der Waals surface area contributed by atoms with Crippen LogP contribution in [0.4, 0.5) is 24.7 Å². The van der Waals surface area contributed by atoms with Crippen LogP contribution in [0.1, 0.15) is 16.8 Å². The van der Waals surface area contributed by atoms with Gasteiger partial charge in [-0.15, -0.1) is 24.5 Å². The summed E-state index contributed by atoms with van der Waals surface area (Å²) in [6.45, 7) is 1.09. The molecule has 0 unspecified atom stereocenters. The van der Waals surface area contributed by atoms with Gasteiger partial charge in [0.05, 0.1) is 17.2 Å². The number of aliphatic hydroxyl groups is 1. The molecule has 1 atom stereocenters. The van der Waals surface area contributed by atoms with Gasteiger partial charge in [0, 0.05) is 36.6 Å². The fraction of sp³-hybridized carbons (Fsp3) is 0.250. The highest BCUT2D eigenvalue weighted by molar-refractivity contribution is 7.13. The Morgan fingerprint density at radius 2 is 2.03 bits per heavy atom. The van der Waals surface area contributed by atoms with Gasteiger partial charge in [-0.05, 0) is 36.8 Å². The third kappa shape index (κ3) is 5.12. The van der Waals surface area contributed by atoms with E-state index in [1.165, 1.54) is 29.7 Å². The van der Waals surface area contributed by atoms with Crippen LogP contribution in [0.15, 0.2) is 48.1 Å². The lowest BCUT2D eigenvalue weighted by Gasteiger charge is -2.20. The number of pyridine rings is 1. The molecule has 3 aromatic rings. The van der Waals surface area contributed by atoms with E-state index >= 15 is 0 Å². The zero-order valence-corrected chi connectivity index (χ0v) is 16.8. The molecule has 0 spiro atoms. The molecule has 3 heterocycles. The number of β-amino-alcohol motifs (C(OH)–C–C–N with tert-alkyl or cyclic N) is 1. The number of aromatic nitrogens is 2. The zero-order valence-electron chi connectivity index (χ0n) is 16.0. The highest BCUT2D eigenvalue weighted by atomic mass is 32.1. The molecule has 1 fully saturated rings. The number of carbonyl (C=O) groups is 1. The van der Waals surface area contributed by atoms with E-state index in [1.54, 1.807) is 12.3 Å². The molecule has 0 saturated carbocycles. The summed E-state index contributed by atoms with van der Waals surface area (Å²) >= 11 is 1.40. The number of ether oxygens (including phenoxy) is 1. The summed E-state index contributed by atoms with van der Waals surface area (Å²) in [6.07, 6.45) is -1.50. The zero-order chi connectivity index (χ0) is 22.0. The normalized spacial score (nSPS) is 16.4. The Morgan fingerprint density at radius 3 is 2.65 bits per heavy atom. The molecular weight excluding hydrogens is 433 g/mol. The molecule has 2 aromatic heterocycles. The lowest BCUT2D eigenvalue weighted by atomic mass is 10.1. The van der Waals surface area contributed by atoms with E-state index in [9.17, 15) is 23.1 Å². The van der Waals surface area contributed by atoms with Crippen molar-refractivity contribution >= 4 is 28.7 Å². The lowest BCUT2D eigenvalue weighted by molar-refractivity contribution is -0.274. The molecule has 2 N–H and O–H groups in total. The van der Waals surface area contributed by atoms with E-state index in [4.69, 9.17) is 0 Å². The van der Waals surface area contributed by atoms with Crippen LogP contribution < -0.4 is 15.0 Å². The Morgan fingerprint density at radius 1 is 1.26 bits per heavy atom. The Labute approximate surface area is 179 Å². The maximum Gasteiger partial charge on any atom is 0.573 e. The minimum atomic E-state index is -4.78. The first-order chi connectivity index (χ1) is 14.8. The van der Waals surface area contributed by atoms with Crippen molar-refractivity contribution in [2.45, 2.75) is 18.9 Å². The first-order valence-electron chi connectivity index (χ1n) is 9.28. The van der Waals surface area contributed by atoms with Gasteiger partial charge in [-0.25, -0.2) is 9.97 Å². The molecule has 0 radical (unpaired) electrons. The van der Waals surface area contributed by atoms with E-state index in [0.717, 1.165) is 12.1 Å². The molecule has 0 aliphatic carbocycles. The summed E-state index contributed by atoms with van der Waals surface area (Å²) in [4.78, 5) is 23.4. The smallest absolute Gasteiger partial charge is 0.406 e. The predicted molar refractivity (Wildman–Crippen MR) is 109 cm³/mol. The number of anilines is 2. The van der Waals surface area contributed by atoms with E-state index < -0.39 is 18.4 Å². The molecule has 11 heteroatoms. The molecule has 1 saturated heterocycles. The van der Waals surface area contributed by atoms with Crippen molar-refractivity contribution in [3.05, 3.63) is 53.7 Å². The van der Waals surface area contributed by atoms with Crippen LogP contribution in [0.3, 0.4) is 0 Å². The van der Waals surface area contributed by atoms with Gasteiger partial charge < -0.3 is 20.1 Å². The fourth-order valence-corrected chi connectivity index (χ4v) is 3.87. The second-order valence-corrected chi connectivity index (χ2v) is 7.74. The molecule has 4 rings (SSSR count). The number of amides is 1. The number of benzene rings is 1. The summed E-state index contributed by atoms with van der Waals surface area (Å²) in [6, 6.07) is 6.53. The number of carbonyl (C=O) groups excluding carboxylic acids is 1. The topological polar surface area (TPSA) is 87.6 Å².